The van der Waals surface area contributed by atoms with Gasteiger partial charge in [0.1, 0.15) is 5.75 Å². The number of hydrogen-bond donors (Lipinski definition) is 3. The van der Waals surface area contributed by atoms with Gasteiger partial charge in [-0.25, -0.2) is 4.79 Å². The standard InChI is InChI=1S/C26H31N3O4/c1-16-11-24(32-2)22(20-7-9-27-25(16)20)13-29-10-8-17(28-18-14-33-15-18)12-23(29)19-5-3-4-6-21(19)26(30)31/h3-7,9,11,17-18,23,27-28H,8,10,12-15H2,1-2H3,(H,30,31)/t17-,23+/m1/s1. The van der Waals surface area contributed by atoms with Gasteiger partial charge in [-0.2, -0.15) is 0 Å². The summed E-state index contributed by atoms with van der Waals surface area (Å²) in [5.74, 6) is -0.00861. The molecule has 5 rings (SSSR count). The molecule has 174 valence electrons. The van der Waals surface area contributed by atoms with Crippen LogP contribution < -0.4 is 10.1 Å². The molecule has 2 aromatic carbocycles. The maximum absolute atomic E-state index is 12.0. The van der Waals surface area contributed by atoms with Gasteiger partial charge in [-0.3, -0.25) is 4.90 Å². The number of methoxy groups -OCH3 is 1. The number of carbonyl (C=O) groups is 1. The second-order valence-corrected chi connectivity index (χ2v) is 9.14. The van der Waals surface area contributed by atoms with Crippen molar-refractivity contribution in [2.24, 2.45) is 0 Å². The molecule has 3 heterocycles. The molecule has 0 spiro atoms. The Hall–Kier alpha value is -2.87. The fraction of sp³-hybridized carbons (Fsp3) is 0.423. The zero-order chi connectivity index (χ0) is 22.9. The number of carboxylic acids is 1. The number of likely N-dealkylation sites (tertiary alicyclic amines) is 1. The number of nitrogens with one attached hydrogen (secondary N) is 2. The van der Waals surface area contributed by atoms with E-state index in [0.29, 0.717) is 24.2 Å². The average Bonchev–Trinajstić information content (AvgIpc) is 3.29. The molecular weight excluding hydrogens is 418 g/mol. The van der Waals surface area contributed by atoms with Crippen molar-refractivity contribution in [2.45, 2.75) is 44.4 Å². The minimum atomic E-state index is -0.881. The Morgan fingerprint density at radius 2 is 2.09 bits per heavy atom. The van der Waals surface area contributed by atoms with Crippen molar-refractivity contribution >= 4 is 16.9 Å². The highest BCUT2D eigenvalue weighted by molar-refractivity contribution is 5.90. The molecule has 2 saturated heterocycles. The van der Waals surface area contributed by atoms with Crippen molar-refractivity contribution in [1.82, 2.24) is 15.2 Å². The Morgan fingerprint density at radius 1 is 1.27 bits per heavy atom. The molecule has 3 N–H and O–H groups in total. The molecular formula is C26H31N3O4. The average molecular weight is 450 g/mol. The lowest BCUT2D eigenvalue weighted by atomic mass is 9.88. The second-order valence-electron chi connectivity index (χ2n) is 9.14. The number of aryl methyl sites for hydroxylation is 1. The van der Waals surface area contributed by atoms with E-state index in [9.17, 15) is 9.90 Å². The van der Waals surface area contributed by atoms with Gasteiger partial charge in [0.05, 0.1) is 31.9 Å². The van der Waals surface area contributed by atoms with Gasteiger partial charge in [0, 0.05) is 47.8 Å². The van der Waals surface area contributed by atoms with Crippen LogP contribution in [-0.2, 0) is 11.3 Å². The molecule has 3 aromatic rings. The first-order valence-electron chi connectivity index (χ1n) is 11.6. The van der Waals surface area contributed by atoms with Crippen molar-refractivity contribution in [3.05, 3.63) is 64.8 Å². The number of fused-ring (bicyclic) bond motifs is 1. The molecule has 7 nitrogen and oxygen atoms in total. The SMILES string of the molecule is COc1cc(C)c2[nH]ccc2c1CN1CC[C@@H](NC2COC2)C[C@H]1c1ccccc1C(=O)O. The van der Waals surface area contributed by atoms with E-state index in [0.717, 1.165) is 65.9 Å². The van der Waals surface area contributed by atoms with Gasteiger partial charge in [0.2, 0.25) is 0 Å². The Labute approximate surface area is 193 Å². The number of carboxylic acid groups (broad SMARTS) is 1. The van der Waals surface area contributed by atoms with Crippen LogP contribution >= 0.6 is 0 Å². The monoisotopic (exact) mass is 449 g/mol. The Kier molecular flexibility index (Phi) is 6.10. The molecule has 2 fully saturated rings. The Morgan fingerprint density at radius 3 is 2.82 bits per heavy atom. The van der Waals surface area contributed by atoms with Crippen LogP contribution in [0.4, 0.5) is 0 Å². The number of aromatic nitrogens is 1. The first-order chi connectivity index (χ1) is 16.0. The lowest BCUT2D eigenvalue weighted by Crippen LogP contribution is -2.53. The normalized spacial score (nSPS) is 21.8. The minimum Gasteiger partial charge on any atom is -0.496 e. The number of piperidine rings is 1. The highest BCUT2D eigenvalue weighted by Gasteiger charge is 2.34. The van der Waals surface area contributed by atoms with Crippen LogP contribution in [-0.4, -0.2) is 59.9 Å². The van der Waals surface area contributed by atoms with E-state index in [1.165, 1.54) is 0 Å². The van der Waals surface area contributed by atoms with Gasteiger partial charge < -0.3 is 24.9 Å². The predicted molar refractivity (Wildman–Crippen MR) is 127 cm³/mol. The van der Waals surface area contributed by atoms with Crippen LogP contribution in [0, 0.1) is 6.92 Å². The van der Waals surface area contributed by atoms with Crippen molar-refractivity contribution in [3.8, 4) is 5.75 Å². The van der Waals surface area contributed by atoms with E-state index >= 15 is 0 Å². The molecule has 1 aromatic heterocycles. The summed E-state index contributed by atoms with van der Waals surface area (Å²) in [7, 11) is 1.71. The lowest BCUT2D eigenvalue weighted by Gasteiger charge is -2.43. The number of hydrogen-bond acceptors (Lipinski definition) is 5. The fourth-order valence-corrected chi connectivity index (χ4v) is 5.31. The third-order valence-electron chi connectivity index (χ3n) is 7.07. The third kappa shape index (κ3) is 4.24. The smallest absolute Gasteiger partial charge is 0.336 e. The Balaban J connectivity index is 1.51. The van der Waals surface area contributed by atoms with Gasteiger partial charge in [0.25, 0.3) is 0 Å². The van der Waals surface area contributed by atoms with Crippen molar-refractivity contribution in [1.29, 1.82) is 0 Å². The van der Waals surface area contributed by atoms with Crippen LogP contribution in [0.3, 0.4) is 0 Å². The van der Waals surface area contributed by atoms with Gasteiger partial charge in [0.15, 0.2) is 0 Å². The van der Waals surface area contributed by atoms with E-state index < -0.39 is 5.97 Å². The first-order valence-corrected chi connectivity index (χ1v) is 11.6. The number of benzene rings is 2. The van der Waals surface area contributed by atoms with Crippen LogP contribution in [0.1, 0.15) is 45.9 Å². The molecule has 0 aliphatic carbocycles. The maximum Gasteiger partial charge on any atom is 0.336 e. The molecule has 0 radical (unpaired) electrons. The molecule has 7 heteroatoms. The topological polar surface area (TPSA) is 86.8 Å². The third-order valence-corrected chi connectivity index (χ3v) is 7.07. The maximum atomic E-state index is 12.0. The van der Waals surface area contributed by atoms with Crippen LogP contribution in [0.5, 0.6) is 5.75 Å². The van der Waals surface area contributed by atoms with Crippen LogP contribution in [0.15, 0.2) is 42.6 Å². The highest BCUT2D eigenvalue weighted by atomic mass is 16.5. The molecule has 0 bridgehead atoms. The van der Waals surface area contributed by atoms with E-state index in [2.05, 4.69) is 34.3 Å². The minimum absolute atomic E-state index is 0.00968. The number of rotatable bonds is 7. The van der Waals surface area contributed by atoms with E-state index in [1.54, 1.807) is 19.2 Å². The molecule has 0 unspecified atom stereocenters. The Bertz CT molecular complexity index is 1150. The fourth-order valence-electron chi connectivity index (χ4n) is 5.31. The molecule has 33 heavy (non-hydrogen) atoms. The zero-order valence-electron chi connectivity index (χ0n) is 19.1. The summed E-state index contributed by atoms with van der Waals surface area (Å²) < 4.78 is 11.1. The van der Waals surface area contributed by atoms with Gasteiger partial charge in [-0.15, -0.1) is 0 Å². The summed E-state index contributed by atoms with van der Waals surface area (Å²) in [5.41, 5.74) is 4.65. The lowest BCUT2D eigenvalue weighted by molar-refractivity contribution is -0.0168. The summed E-state index contributed by atoms with van der Waals surface area (Å²) in [5, 5.41) is 14.8. The predicted octanol–water partition coefficient (Wildman–Crippen LogP) is 3.88. The van der Waals surface area contributed by atoms with Crippen LogP contribution in [0.25, 0.3) is 10.9 Å². The molecule has 0 amide bonds. The van der Waals surface area contributed by atoms with Gasteiger partial charge in [-0.05, 0) is 49.1 Å². The largest absolute Gasteiger partial charge is 0.496 e. The van der Waals surface area contributed by atoms with E-state index in [4.69, 9.17) is 9.47 Å². The van der Waals surface area contributed by atoms with Crippen molar-refractivity contribution < 1.29 is 19.4 Å². The van der Waals surface area contributed by atoms with Gasteiger partial charge >= 0.3 is 5.97 Å². The zero-order valence-corrected chi connectivity index (χ0v) is 19.1. The van der Waals surface area contributed by atoms with E-state index in [1.807, 2.05) is 18.3 Å². The first kappa shape index (κ1) is 21.9. The number of aromatic amines is 1. The summed E-state index contributed by atoms with van der Waals surface area (Å²) >= 11 is 0. The molecule has 0 saturated carbocycles. The van der Waals surface area contributed by atoms with Gasteiger partial charge in [-0.1, -0.05) is 18.2 Å². The van der Waals surface area contributed by atoms with Crippen molar-refractivity contribution in [2.75, 3.05) is 26.9 Å². The van der Waals surface area contributed by atoms with Crippen molar-refractivity contribution in [3.63, 3.8) is 0 Å². The molecule has 2 aliphatic rings. The second kappa shape index (κ2) is 9.17. The summed E-state index contributed by atoms with van der Waals surface area (Å²) in [4.78, 5) is 17.8. The highest BCUT2D eigenvalue weighted by Crippen LogP contribution is 2.38. The number of ether oxygens (including phenoxy) is 2. The quantitative estimate of drug-likeness (QED) is 0.508. The summed E-state index contributed by atoms with van der Waals surface area (Å²) in [6.45, 7) is 5.14. The summed E-state index contributed by atoms with van der Waals surface area (Å²) in [6, 6.07) is 12.3. The summed E-state index contributed by atoms with van der Waals surface area (Å²) in [6.07, 6.45) is 3.83. The number of aromatic carboxylic acids is 1. The molecule has 2 atom stereocenters. The molecule has 2 aliphatic heterocycles. The number of nitrogens with zero attached hydrogens (tertiary/aromatic N) is 1. The number of H-pyrrole nitrogens is 1. The van der Waals surface area contributed by atoms with E-state index in [-0.39, 0.29) is 6.04 Å². The van der Waals surface area contributed by atoms with Crippen LogP contribution in [0.2, 0.25) is 0 Å².